The predicted octanol–water partition coefficient (Wildman–Crippen LogP) is 2.15. The molecule has 0 aromatic rings. The van der Waals surface area contributed by atoms with Crippen molar-refractivity contribution in [2.45, 2.75) is 52.0 Å². The molecule has 0 spiro atoms. The lowest BCUT2D eigenvalue weighted by molar-refractivity contribution is 0.484. The summed E-state index contributed by atoms with van der Waals surface area (Å²) in [5.41, 5.74) is 0.631. The van der Waals surface area contributed by atoms with Gasteiger partial charge in [0.05, 0.1) is 0 Å². The Bertz CT molecular complexity index is 188. The molecule has 0 heterocycles. The molecule has 0 saturated heterocycles. The summed E-state index contributed by atoms with van der Waals surface area (Å²) in [5.74, 6) is 0.934. The van der Waals surface area contributed by atoms with Crippen LogP contribution in [-0.2, 0) is 0 Å². The molecule has 0 amide bonds. The standard InChI is InChI=1S/C13H26N2/c1-13(2)9-11(13)10-14-7-8-15-12-5-3-4-6-12/h11-12,14-15H,3-10H2,1-2H3. The van der Waals surface area contributed by atoms with Gasteiger partial charge in [0.2, 0.25) is 0 Å². The molecule has 2 saturated carbocycles. The molecule has 15 heavy (non-hydrogen) atoms. The Morgan fingerprint density at radius 1 is 1.13 bits per heavy atom. The second kappa shape index (κ2) is 4.84. The van der Waals surface area contributed by atoms with Crippen molar-refractivity contribution in [3.63, 3.8) is 0 Å². The average Bonchev–Trinajstić information content (AvgIpc) is 2.66. The monoisotopic (exact) mass is 210 g/mol. The molecule has 2 aliphatic rings. The Balaban J connectivity index is 1.42. The van der Waals surface area contributed by atoms with E-state index >= 15 is 0 Å². The molecule has 0 aromatic heterocycles. The van der Waals surface area contributed by atoms with E-state index in [1.54, 1.807) is 0 Å². The molecule has 0 aliphatic heterocycles. The summed E-state index contributed by atoms with van der Waals surface area (Å²) in [6.07, 6.45) is 7.07. The second-order valence-electron chi connectivity index (χ2n) is 6.03. The van der Waals surface area contributed by atoms with Crippen LogP contribution in [0.4, 0.5) is 0 Å². The third kappa shape index (κ3) is 3.46. The molecule has 2 N–H and O–H groups in total. The number of nitrogens with one attached hydrogen (secondary N) is 2. The maximum atomic E-state index is 3.63. The van der Waals surface area contributed by atoms with Crippen LogP contribution in [0.25, 0.3) is 0 Å². The van der Waals surface area contributed by atoms with Gasteiger partial charge >= 0.3 is 0 Å². The Morgan fingerprint density at radius 2 is 1.80 bits per heavy atom. The molecule has 0 radical (unpaired) electrons. The summed E-state index contributed by atoms with van der Waals surface area (Å²) < 4.78 is 0. The van der Waals surface area contributed by atoms with E-state index in [-0.39, 0.29) is 0 Å². The Kier molecular flexibility index (Phi) is 3.68. The minimum atomic E-state index is 0.631. The van der Waals surface area contributed by atoms with Gasteiger partial charge in [0, 0.05) is 19.1 Å². The summed E-state index contributed by atoms with van der Waals surface area (Å²) in [7, 11) is 0. The smallest absolute Gasteiger partial charge is 0.00793 e. The quantitative estimate of drug-likeness (QED) is 0.656. The zero-order chi connectivity index (χ0) is 10.7. The highest BCUT2D eigenvalue weighted by molar-refractivity contribution is 4.96. The van der Waals surface area contributed by atoms with Crippen molar-refractivity contribution < 1.29 is 0 Å². The van der Waals surface area contributed by atoms with Crippen LogP contribution in [0.15, 0.2) is 0 Å². The zero-order valence-corrected chi connectivity index (χ0v) is 10.3. The highest BCUT2D eigenvalue weighted by Crippen LogP contribution is 2.50. The minimum absolute atomic E-state index is 0.631. The molecule has 88 valence electrons. The lowest BCUT2D eigenvalue weighted by Gasteiger charge is -2.12. The first-order chi connectivity index (χ1) is 7.18. The van der Waals surface area contributed by atoms with E-state index in [0.29, 0.717) is 5.41 Å². The van der Waals surface area contributed by atoms with Gasteiger partial charge in [-0.2, -0.15) is 0 Å². The minimum Gasteiger partial charge on any atom is -0.315 e. The molecule has 2 nitrogen and oxygen atoms in total. The molecule has 0 bridgehead atoms. The molecule has 0 aromatic carbocycles. The third-order valence-electron chi connectivity index (χ3n) is 4.20. The Labute approximate surface area is 94.2 Å². The van der Waals surface area contributed by atoms with Crippen LogP contribution < -0.4 is 10.6 Å². The third-order valence-corrected chi connectivity index (χ3v) is 4.20. The van der Waals surface area contributed by atoms with Gasteiger partial charge in [-0.1, -0.05) is 26.7 Å². The van der Waals surface area contributed by atoms with Gasteiger partial charge in [-0.05, 0) is 37.1 Å². The summed E-state index contributed by atoms with van der Waals surface area (Å²) in [6, 6.07) is 0.823. The highest BCUT2D eigenvalue weighted by atomic mass is 15.0. The zero-order valence-electron chi connectivity index (χ0n) is 10.3. The first kappa shape index (κ1) is 11.4. The Hall–Kier alpha value is -0.0800. The van der Waals surface area contributed by atoms with E-state index in [9.17, 15) is 0 Å². The highest BCUT2D eigenvalue weighted by Gasteiger charge is 2.44. The van der Waals surface area contributed by atoms with Gasteiger partial charge < -0.3 is 10.6 Å². The lowest BCUT2D eigenvalue weighted by atomic mass is 10.1. The fraction of sp³-hybridized carbons (Fsp3) is 1.00. The van der Waals surface area contributed by atoms with Crippen molar-refractivity contribution in [1.82, 2.24) is 10.6 Å². The topological polar surface area (TPSA) is 24.1 Å². The maximum Gasteiger partial charge on any atom is 0.00793 e. The van der Waals surface area contributed by atoms with Crippen LogP contribution in [0.2, 0.25) is 0 Å². The van der Waals surface area contributed by atoms with Gasteiger partial charge in [-0.25, -0.2) is 0 Å². The van der Waals surface area contributed by atoms with Crippen molar-refractivity contribution in [3.05, 3.63) is 0 Å². The summed E-state index contributed by atoms with van der Waals surface area (Å²) in [5, 5.41) is 7.20. The van der Waals surface area contributed by atoms with Crippen LogP contribution >= 0.6 is 0 Å². The number of hydrogen-bond donors (Lipinski definition) is 2. The van der Waals surface area contributed by atoms with Crippen LogP contribution in [0.3, 0.4) is 0 Å². The van der Waals surface area contributed by atoms with Crippen LogP contribution in [0.5, 0.6) is 0 Å². The molecule has 2 fully saturated rings. The van der Waals surface area contributed by atoms with E-state index in [2.05, 4.69) is 24.5 Å². The van der Waals surface area contributed by atoms with Crippen molar-refractivity contribution in [2.24, 2.45) is 11.3 Å². The van der Waals surface area contributed by atoms with Gasteiger partial charge in [0.1, 0.15) is 0 Å². The summed E-state index contributed by atoms with van der Waals surface area (Å²) in [6.45, 7) is 8.26. The first-order valence-electron chi connectivity index (χ1n) is 6.62. The van der Waals surface area contributed by atoms with E-state index in [4.69, 9.17) is 0 Å². The van der Waals surface area contributed by atoms with Crippen molar-refractivity contribution in [3.8, 4) is 0 Å². The van der Waals surface area contributed by atoms with Crippen LogP contribution in [0.1, 0.15) is 46.0 Å². The summed E-state index contributed by atoms with van der Waals surface area (Å²) >= 11 is 0. The van der Waals surface area contributed by atoms with Gasteiger partial charge in [-0.3, -0.25) is 0 Å². The van der Waals surface area contributed by atoms with E-state index < -0.39 is 0 Å². The molecule has 2 rings (SSSR count). The van der Waals surface area contributed by atoms with E-state index in [1.807, 2.05) is 0 Å². The second-order valence-corrected chi connectivity index (χ2v) is 6.03. The molecule has 1 atom stereocenters. The van der Waals surface area contributed by atoms with Crippen LogP contribution in [-0.4, -0.2) is 25.7 Å². The normalized spacial score (nSPS) is 29.6. The lowest BCUT2D eigenvalue weighted by Crippen LogP contribution is -2.34. The number of hydrogen-bond acceptors (Lipinski definition) is 2. The molecule has 2 heteroatoms. The Morgan fingerprint density at radius 3 is 2.40 bits per heavy atom. The van der Waals surface area contributed by atoms with Crippen LogP contribution in [0, 0.1) is 11.3 Å². The van der Waals surface area contributed by atoms with Gasteiger partial charge in [0.25, 0.3) is 0 Å². The van der Waals surface area contributed by atoms with E-state index in [1.165, 1.54) is 38.6 Å². The molecule has 1 unspecified atom stereocenters. The van der Waals surface area contributed by atoms with Gasteiger partial charge in [0.15, 0.2) is 0 Å². The van der Waals surface area contributed by atoms with Crippen molar-refractivity contribution in [2.75, 3.05) is 19.6 Å². The SMILES string of the molecule is CC1(C)CC1CNCCNC1CCCC1. The molecular weight excluding hydrogens is 184 g/mol. The maximum absolute atomic E-state index is 3.63. The first-order valence-corrected chi connectivity index (χ1v) is 6.62. The molecule has 2 aliphatic carbocycles. The fourth-order valence-corrected chi connectivity index (χ4v) is 2.70. The largest absolute Gasteiger partial charge is 0.315 e. The predicted molar refractivity (Wildman–Crippen MR) is 65.0 cm³/mol. The van der Waals surface area contributed by atoms with E-state index in [0.717, 1.165) is 25.0 Å². The van der Waals surface area contributed by atoms with Gasteiger partial charge in [-0.15, -0.1) is 0 Å². The number of rotatable bonds is 6. The average molecular weight is 210 g/mol. The molecular formula is C13H26N2. The van der Waals surface area contributed by atoms with Crippen molar-refractivity contribution >= 4 is 0 Å². The fourth-order valence-electron chi connectivity index (χ4n) is 2.70. The van der Waals surface area contributed by atoms with Crippen molar-refractivity contribution in [1.29, 1.82) is 0 Å². The summed E-state index contributed by atoms with van der Waals surface area (Å²) in [4.78, 5) is 0.